The van der Waals surface area contributed by atoms with Crippen LogP contribution in [-0.4, -0.2) is 29.8 Å². The first-order valence-electron chi connectivity index (χ1n) is 5.92. The van der Waals surface area contributed by atoms with Crippen LogP contribution in [0.15, 0.2) is 18.2 Å². The summed E-state index contributed by atoms with van der Waals surface area (Å²) in [5.74, 6) is -2.82. The van der Waals surface area contributed by atoms with E-state index in [1.807, 2.05) is 0 Å². The first-order chi connectivity index (χ1) is 8.39. The number of hydrogen-bond donors (Lipinski definition) is 1. The number of nitrogens with zero attached hydrogens (tertiary/aromatic N) is 1. The van der Waals surface area contributed by atoms with E-state index in [0.717, 1.165) is 5.56 Å². The van der Waals surface area contributed by atoms with E-state index in [0.29, 0.717) is 11.3 Å². The highest BCUT2D eigenvalue weighted by molar-refractivity contribution is 5.96. The van der Waals surface area contributed by atoms with E-state index in [-0.39, 0.29) is 31.8 Å². The maximum atomic E-state index is 13.0. The van der Waals surface area contributed by atoms with Crippen molar-refractivity contribution in [3.8, 4) is 0 Å². The minimum Gasteiger partial charge on any atom is -0.399 e. The molecule has 1 aliphatic heterocycles. The number of anilines is 1. The molecule has 1 aromatic rings. The third kappa shape index (κ3) is 2.60. The van der Waals surface area contributed by atoms with E-state index >= 15 is 0 Å². The molecule has 1 aromatic carbocycles. The lowest BCUT2D eigenvalue weighted by molar-refractivity contribution is -0.0494. The van der Waals surface area contributed by atoms with Gasteiger partial charge in [0.15, 0.2) is 0 Å². The number of rotatable bonds is 1. The number of nitrogen functional groups attached to an aromatic ring is 1. The molecule has 1 amide bonds. The molecule has 0 spiro atoms. The third-order valence-corrected chi connectivity index (χ3v) is 3.26. The van der Waals surface area contributed by atoms with Crippen molar-refractivity contribution in [1.29, 1.82) is 0 Å². The lowest BCUT2D eigenvalue weighted by Crippen LogP contribution is -2.42. The van der Waals surface area contributed by atoms with Crippen LogP contribution in [0, 0.1) is 6.92 Å². The Morgan fingerprint density at radius 2 is 1.94 bits per heavy atom. The Morgan fingerprint density at radius 1 is 1.33 bits per heavy atom. The van der Waals surface area contributed by atoms with Crippen molar-refractivity contribution in [2.24, 2.45) is 0 Å². The van der Waals surface area contributed by atoms with Crippen LogP contribution in [0.4, 0.5) is 14.5 Å². The van der Waals surface area contributed by atoms with Crippen LogP contribution >= 0.6 is 0 Å². The van der Waals surface area contributed by atoms with Gasteiger partial charge in [-0.05, 0) is 30.7 Å². The predicted octanol–water partition coefficient (Wildman–Crippen LogP) is 2.45. The van der Waals surface area contributed by atoms with Crippen LogP contribution in [0.25, 0.3) is 0 Å². The number of hydrogen-bond acceptors (Lipinski definition) is 2. The van der Waals surface area contributed by atoms with Crippen molar-refractivity contribution in [3.63, 3.8) is 0 Å². The minimum atomic E-state index is -2.63. The molecule has 0 aromatic heterocycles. The first-order valence-corrected chi connectivity index (χ1v) is 5.92. The van der Waals surface area contributed by atoms with E-state index in [2.05, 4.69) is 0 Å². The smallest absolute Gasteiger partial charge is 0.254 e. The van der Waals surface area contributed by atoms with Crippen LogP contribution in [0.3, 0.4) is 0 Å². The molecule has 1 aliphatic rings. The molecule has 1 heterocycles. The number of halogens is 2. The molecule has 0 aliphatic carbocycles. The topological polar surface area (TPSA) is 46.3 Å². The van der Waals surface area contributed by atoms with Gasteiger partial charge in [0, 0.05) is 37.2 Å². The number of amides is 1. The summed E-state index contributed by atoms with van der Waals surface area (Å²) in [5, 5.41) is 0. The van der Waals surface area contributed by atoms with Gasteiger partial charge in [-0.2, -0.15) is 0 Å². The molecule has 18 heavy (non-hydrogen) atoms. The Balaban J connectivity index is 2.13. The number of nitrogens with two attached hydrogens (primary N) is 1. The molecule has 1 fully saturated rings. The zero-order chi connectivity index (χ0) is 13.3. The summed E-state index contributed by atoms with van der Waals surface area (Å²) in [7, 11) is 0. The Bertz CT molecular complexity index is 464. The lowest BCUT2D eigenvalue weighted by atomic mass is 10.0. The molecule has 98 valence electrons. The molecule has 5 heteroatoms. The van der Waals surface area contributed by atoms with Gasteiger partial charge in [0.2, 0.25) is 0 Å². The standard InChI is InChI=1S/C13H16F2N2O/c1-9-8-10(16)2-3-11(9)12(18)17-6-4-13(14,15)5-7-17/h2-3,8H,4-7,16H2,1H3. The highest BCUT2D eigenvalue weighted by atomic mass is 19.3. The molecule has 0 atom stereocenters. The molecule has 2 rings (SSSR count). The highest BCUT2D eigenvalue weighted by Gasteiger charge is 2.35. The minimum absolute atomic E-state index is 0.107. The second kappa shape index (κ2) is 4.55. The highest BCUT2D eigenvalue weighted by Crippen LogP contribution is 2.28. The second-order valence-corrected chi connectivity index (χ2v) is 4.72. The van der Waals surface area contributed by atoms with Crippen molar-refractivity contribution in [3.05, 3.63) is 29.3 Å². The summed E-state index contributed by atoms with van der Waals surface area (Å²) in [5.41, 5.74) is 7.52. The van der Waals surface area contributed by atoms with Crippen LogP contribution in [0.5, 0.6) is 0 Å². The van der Waals surface area contributed by atoms with Crippen molar-refractivity contribution < 1.29 is 13.6 Å². The second-order valence-electron chi connectivity index (χ2n) is 4.72. The maximum Gasteiger partial charge on any atom is 0.254 e. The monoisotopic (exact) mass is 254 g/mol. The summed E-state index contributed by atoms with van der Waals surface area (Å²) in [6.45, 7) is 2.01. The molecule has 1 saturated heterocycles. The molecule has 0 unspecified atom stereocenters. The zero-order valence-corrected chi connectivity index (χ0v) is 10.2. The fourth-order valence-electron chi connectivity index (χ4n) is 2.13. The zero-order valence-electron chi connectivity index (χ0n) is 10.2. The fourth-order valence-corrected chi connectivity index (χ4v) is 2.13. The third-order valence-electron chi connectivity index (χ3n) is 3.26. The Labute approximate surface area is 105 Å². The van der Waals surface area contributed by atoms with E-state index in [1.165, 1.54) is 4.90 Å². The Hall–Kier alpha value is -1.65. The maximum absolute atomic E-state index is 13.0. The number of piperidine rings is 1. The van der Waals surface area contributed by atoms with Crippen molar-refractivity contribution in [2.45, 2.75) is 25.7 Å². The number of likely N-dealkylation sites (tertiary alicyclic amines) is 1. The normalized spacial score (nSPS) is 18.7. The molecule has 0 saturated carbocycles. The average molecular weight is 254 g/mol. The van der Waals surface area contributed by atoms with Gasteiger partial charge >= 0.3 is 0 Å². The Kier molecular flexibility index (Phi) is 3.24. The van der Waals surface area contributed by atoms with E-state index in [9.17, 15) is 13.6 Å². The molecular weight excluding hydrogens is 238 g/mol. The van der Waals surface area contributed by atoms with Gasteiger partial charge in [0.05, 0.1) is 0 Å². The number of alkyl halides is 2. The van der Waals surface area contributed by atoms with Gasteiger partial charge in [0.1, 0.15) is 0 Å². The van der Waals surface area contributed by atoms with Crippen LogP contribution in [0.1, 0.15) is 28.8 Å². The molecule has 0 bridgehead atoms. The van der Waals surface area contributed by atoms with Gasteiger partial charge in [-0.25, -0.2) is 8.78 Å². The number of carbonyl (C=O) groups excluding carboxylic acids is 1. The summed E-state index contributed by atoms with van der Waals surface area (Å²) >= 11 is 0. The van der Waals surface area contributed by atoms with Crippen LogP contribution in [-0.2, 0) is 0 Å². The van der Waals surface area contributed by atoms with Gasteiger partial charge in [-0.3, -0.25) is 4.79 Å². The average Bonchev–Trinajstić information content (AvgIpc) is 2.28. The molecule has 2 N–H and O–H groups in total. The SMILES string of the molecule is Cc1cc(N)ccc1C(=O)N1CCC(F)(F)CC1. The summed E-state index contributed by atoms with van der Waals surface area (Å²) < 4.78 is 26.0. The Morgan fingerprint density at radius 3 is 2.50 bits per heavy atom. The van der Waals surface area contributed by atoms with Crippen molar-refractivity contribution >= 4 is 11.6 Å². The lowest BCUT2D eigenvalue weighted by Gasteiger charge is -2.32. The number of aryl methyl sites for hydroxylation is 1. The number of carbonyl (C=O) groups is 1. The van der Waals surface area contributed by atoms with Gasteiger partial charge in [-0.1, -0.05) is 0 Å². The van der Waals surface area contributed by atoms with Crippen LogP contribution in [0.2, 0.25) is 0 Å². The fraction of sp³-hybridized carbons (Fsp3) is 0.462. The van der Waals surface area contributed by atoms with E-state index < -0.39 is 5.92 Å². The number of benzene rings is 1. The van der Waals surface area contributed by atoms with Gasteiger partial charge < -0.3 is 10.6 Å². The largest absolute Gasteiger partial charge is 0.399 e. The molecular formula is C13H16F2N2O. The summed E-state index contributed by atoms with van der Waals surface area (Å²) in [4.78, 5) is 13.7. The summed E-state index contributed by atoms with van der Waals surface area (Å²) in [6.07, 6.45) is -0.514. The first kappa shape index (κ1) is 12.8. The van der Waals surface area contributed by atoms with Gasteiger partial charge in [0.25, 0.3) is 11.8 Å². The molecule has 3 nitrogen and oxygen atoms in total. The van der Waals surface area contributed by atoms with E-state index in [4.69, 9.17) is 5.73 Å². The van der Waals surface area contributed by atoms with Crippen molar-refractivity contribution in [2.75, 3.05) is 18.8 Å². The van der Waals surface area contributed by atoms with Crippen molar-refractivity contribution in [1.82, 2.24) is 4.90 Å². The quantitative estimate of drug-likeness (QED) is 0.782. The summed E-state index contributed by atoms with van der Waals surface area (Å²) in [6, 6.07) is 5.02. The predicted molar refractivity (Wildman–Crippen MR) is 65.7 cm³/mol. The van der Waals surface area contributed by atoms with Crippen LogP contribution < -0.4 is 5.73 Å². The molecule has 0 radical (unpaired) electrons. The van der Waals surface area contributed by atoms with E-state index in [1.54, 1.807) is 25.1 Å². The van der Waals surface area contributed by atoms with Gasteiger partial charge in [-0.15, -0.1) is 0 Å².